The highest BCUT2D eigenvalue weighted by Crippen LogP contribution is 2.41. The Morgan fingerprint density at radius 3 is 2.85 bits per heavy atom. The largest absolute Gasteiger partial charge is 0.466 e. The van der Waals surface area contributed by atoms with E-state index in [9.17, 15) is 4.79 Å². The predicted octanol–water partition coefficient (Wildman–Crippen LogP) is 3.64. The molecule has 1 saturated heterocycles. The number of carbonyl (C=O) groups excluding carboxylic acids is 1. The van der Waals surface area contributed by atoms with E-state index >= 15 is 0 Å². The van der Waals surface area contributed by atoms with Crippen LogP contribution in [-0.2, 0) is 9.53 Å². The van der Waals surface area contributed by atoms with Crippen molar-refractivity contribution >= 4 is 5.97 Å². The van der Waals surface area contributed by atoms with E-state index in [4.69, 9.17) is 14.2 Å². The number of ether oxygens (including phenoxy) is 3. The molecule has 3 atom stereocenters. The fraction of sp³-hybridized carbons (Fsp3) is 0.571. The molecule has 26 heavy (non-hydrogen) atoms. The molecule has 2 heterocycles. The molecule has 5 nitrogen and oxygen atoms in total. The van der Waals surface area contributed by atoms with E-state index in [0.717, 1.165) is 30.0 Å². The molecule has 5 heteroatoms. The monoisotopic (exact) mass is 359 g/mol. The van der Waals surface area contributed by atoms with Gasteiger partial charge in [0.15, 0.2) is 11.5 Å². The Balaban J connectivity index is 1.86. The second-order valence-electron chi connectivity index (χ2n) is 7.70. The molecule has 1 fully saturated rings. The van der Waals surface area contributed by atoms with Crippen LogP contribution < -0.4 is 14.8 Å². The molecule has 0 radical (unpaired) electrons. The summed E-state index contributed by atoms with van der Waals surface area (Å²) >= 11 is 0. The Bertz CT molecular complexity index is 683. The summed E-state index contributed by atoms with van der Waals surface area (Å²) in [4.78, 5) is 12.8. The normalized spacial score (nSPS) is 25.0. The van der Waals surface area contributed by atoms with Crippen LogP contribution in [0.5, 0.6) is 11.5 Å². The van der Waals surface area contributed by atoms with Gasteiger partial charge in [-0.2, -0.15) is 0 Å². The van der Waals surface area contributed by atoms with Gasteiger partial charge in [0, 0.05) is 18.5 Å². The van der Waals surface area contributed by atoms with E-state index in [1.54, 1.807) is 0 Å². The summed E-state index contributed by atoms with van der Waals surface area (Å²) in [6, 6.07) is 6.04. The first-order valence-electron chi connectivity index (χ1n) is 9.38. The van der Waals surface area contributed by atoms with Gasteiger partial charge in [0.1, 0.15) is 0 Å². The molecule has 1 aromatic carbocycles. The van der Waals surface area contributed by atoms with Crippen LogP contribution in [0.4, 0.5) is 0 Å². The summed E-state index contributed by atoms with van der Waals surface area (Å²) in [5, 5.41) is 3.57. The van der Waals surface area contributed by atoms with E-state index in [-0.39, 0.29) is 36.1 Å². The van der Waals surface area contributed by atoms with Crippen LogP contribution in [0.15, 0.2) is 30.4 Å². The Morgan fingerprint density at radius 2 is 2.12 bits per heavy atom. The quantitative estimate of drug-likeness (QED) is 0.621. The minimum Gasteiger partial charge on any atom is -0.466 e. The molecule has 3 rings (SSSR count). The lowest BCUT2D eigenvalue weighted by atomic mass is 9.78. The Labute approximate surface area is 155 Å². The van der Waals surface area contributed by atoms with E-state index in [2.05, 4.69) is 31.3 Å². The van der Waals surface area contributed by atoms with Gasteiger partial charge in [-0.15, -0.1) is 0 Å². The van der Waals surface area contributed by atoms with Gasteiger partial charge in [-0.3, -0.25) is 4.79 Å². The third-order valence-corrected chi connectivity index (χ3v) is 5.21. The van der Waals surface area contributed by atoms with E-state index in [0.29, 0.717) is 6.61 Å². The lowest BCUT2D eigenvalue weighted by Gasteiger charge is -2.29. The van der Waals surface area contributed by atoms with Gasteiger partial charge in [-0.25, -0.2) is 0 Å². The van der Waals surface area contributed by atoms with Crippen molar-refractivity contribution in [1.82, 2.24) is 5.32 Å². The highest BCUT2D eigenvalue weighted by atomic mass is 16.7. The molecule has 0 spiro atoms. The van der Waals surface area contributed by atoms with E-state index in [1.807, 2.05) is 32.0 Å². The first-order chi connectivity index (χ1) is 12.4. The lowest BCUT2D eigenvalue weighted by molar-refractivity contribution is -0.149. The number of esters is 1. The summed E-state index contributed by atoms with van der Waals surface area (Å²) < 4.78 is 16.3. The maximum Gasteiger partial charge on any atom is 0.311 e. The highest BCUT2D eigenvalue weighted by Gasteiger charge is 2.44. The summed E-state index contributed by atoms with van der Waals surface area (Å²) in [6.45, 7) is 9.68. The van der Waals surface area contributed by atoms with Gasteiger partial charge in [0.25, 0.3) is 0 Å². The standard InChI is InChI=1S/C21H29NO4/c1-5-9-21(3,4)11-16-19(20(23)24-6-2)15(12-22-16)14-7-8-17-18(10-14)26-13-25-17/h5,7-10,15-16,19,22H,6,11-13H2,1-4H3/b9-5+/t15-,16+,19-/m1/s1. The molecule has 1 N–H and O–H groups in total. The molecular weight excluding hydrogens is 330 g/mol. The summed E-state index contributed by atoms with van der Waals surface area (Å²) in [5.41, 5.74) is 1.10. The molecule has 0 amide bonds. The van der Waals surface area contributed by atoms with Gasteiger partial charge >= 0.3 is 5.97 Å². The van der Waals surface area contributed by atoms with Crippen molar-refractivity contribution in [1.29, 1.82) is 0 Å². The number of rotatable bonds is 6. The zero-order valence-electron chi connectivity index (χ0n) is 16.1. The maximum absolute atomic E-state index is 12.8. The van der Waals surface area contributed by atoms with Gasteiger partial charge in [0.2, 0.25) is 6.79 Å². The number of nitrogens with one attached hydrogen (secondary N) is 1. The van der Waals surface area contributed by atoms with E-state index < -0.39 is 0 Å². The molecule has 2 aliphatic heterocycles. The topological polar surface area (TPSA) is 56.8 Å². The SMILES string of the molecule is C/C=C/C(C)(C)C[C@@H]1NC[C@H](c2ccc3c(c2)OCO3)[C@H]1C(=O)OCC. The van der Waals surface area contributed by atoms with Crippen molar-refractivity contribution in [3.63, 3.8) is 0 Å². The first-order valence-corrected chi connectivity index (χ1v) is 9.38. The zero-order valence-corrected chi connectivity index (χ0v) is 16.1. The average Bonchev–Trinajstić information content (AvgIpc) is 3.20. The van der Waals surface area contributed by atoms with Crippen LogP contribution in [0.25, 0.3) is 0 Å². The molecule has 142 valence electrons. The number of benzene rings is 1. The summed E-state index contributed by atoms with van der Waals surface area (Å²) in [7, 11) is 0. The van der Waals surface area contributed by atoms with Crippen molar-refractivity contribution in [2.75, 3.05) is 19.9 Å². The molecule has 1 aromatic rings. The smallest absolute Gasteiger partial charge is 0.311 e. The van der Waals surface area contributed by atoms with Crippen LogP contribution in [-0.4, -0.2) is 32.0 Å². The number of hydrogen-bond acceptors (Lipinski definition) is 5. The van der Waals surface area contributed by atoms with Crippen LogP contribution in [0.2, 0.25) is 0 Å². The second kappa shape index (κ2) is 7.70. The molecule has 0 aromatic heterocycles. The van der Waals surface area contributed by atoms with Crippen LogP contribution in [0.1, 0.15) is 45.6 Å². The fourth-order valence-electron chi connectivity index (χ4n) is 4.13. The summed E-state index contributed by atoms with van der Waals surface area (Å²) in [5.74, 6) is 1.25. The molecule has 0 aliphatic carbocycles. The minimum absolute atomic E-state index is 0.0148. The number of carbonyl (C=O) groups is 1. The minimum atomic E-state index is -0.208. The van der Waals surface area contributed by atoms with Crippen molar-refractivity contribution in [2.45, 2.75) is 46.1 Å². The lowest BCUT2D eigenvalue weighted by Crippen LogP contribution is -2.37. The number of fused-ring (bicyclic) bond motifs is 1. The molecule has 2 aliphatic rings. The average molecular weight is 359 g/mol. The van der Waals surface area contributed by atoms with Gasteiger partial charge in [0.05, 0.1) is 12.5 Å². The van der Waals surface area contributed by atoms with Crippen LogP contribution >= 0.6 is 0 Å². The molecular formula is C21H29NO4. The van der Waals surface area contributed by atoms with Gasteiger partial charge in [-0.1, -0.05) is 32.1 Å². The third kappa shape index (κ3) is 3.88. The van der Waals surface area contributed by atoms with Crippen molar-refractivity contribution in [3.8, 4) is 11.5 Å². The van der Waals surface area contributed by atoms with Crippen LogP contribution in [0.3, 0.4) is 0 Å². The van der Waals surface area contributed by atoms with Gasteiger partial charge < -0.3 is 19.5 Å². The van der Waals surface area contributed by atoms with Crippen molar-refractivity contribution < 1.29 is 19.0 Å². The zero-order chi connectivity index (χ0) is 18.7. The van der Waals surface area contributed by atoms with Crippen LogP contribution in [0, 0.1) is 11.3 Å². The highest BCUT2D eigenvalue weighted by molar-refractivity contribution is 5.75. The first kappa shape index (κ1) is 18.8. The van der Waals surface area contributed by atoms with E-state index in [1.165, 1.54) is 0 Å². The second-order valence-corrected chi connectivity index (χ2v) is 7.70. The fourth-order valence-corrected chi connectivity index (χ4v) is 4.13. The Kier molecular flexibility index (Phi) is 5.56. The number of allylic oxidation sites excluding steroid dienone is 2. The Hall–Kier alpha value is -2.01. The Morgan fingerprint density at radius 1 is 1.35 bits per heavy atom. The summed E-state index contributed by atoms with van der Waals surface area (Å²) in [6.07, 6.45) is 5.15. The maximum atomic E-state index is 12.8. The number of hydrogen-bond donors (Lipinski definition) is 1. The molecule has 0 saturated carbocycles. The third-order valence-electron chi connectivity index (χ3n) is 5.21. The molecule has 0 bridgehead atoms. The van der Waals surface area contributed by atoms with Crippen molar-refractivity contribution in [2.24, 2.45) is 11.3 Å². The molecule has 0 unspecified atom stereocenters. The van der Waals surface area contributed by atoms with Gasteiger partial charge in [-0.05, 0) is 43.4 Å². The predicted molar refractivity (Wildman–Crippen MR) is 100 cm³/mol. The van der Waals surface area contributed by atoms with Crippen molar-refractivity contribution in [3.05, 3.63) is 35.9 Å².